The molecule has 2 aliphatic heterocycles. The first-order valence-electron chi connectivity index (χ1n) is 11.2. The fourth-order valence-electron chi connectivity index (χ4n) is 4.69. The zero-order chi connectivity index (χ0) is 19.3. The third kappa shape index (κ3) is 6.94. The first-order valence-corrected chi connectivity index (χ1v) is 11.2. The molecule has 0 atom stereocenters. The molecular weight excluding hydrogens is 340 g/mol. The topological polar surface area (TPSA) is 42.0 Å². The Labute approximate surface area is 165 Å². The first-order chi connectivity index (χ1) is 12.9. The zero-order valence-corrected chi connectivity index (χ0v) is 17.8. The van der Waals surface area contributed by atoms with Crippen molar-refractivity contribution in [1.82, 2.24) is 9.80 Å². The van der Waals surface area contributed by atoms with Gasteiger partial charge in [-0.05, 0) is 65.2 Å². The van der Waals surface area contributed by atoms with Crippen LogP contribution >= 0.6 is 0 Å². The van der Waals surface area contributed by atoms with E-state index in [4.69, 9.17) is 9.47 Å². The van der Waals surface area contributed by atoms with Crippen LogP contribution in [0.2, 0.25) is 0 Å². The summed E-state index contributed by atoms with van der Waals surface area (Å²) in [5.74, 6) is 0.708. The maximum absolute atomic E-state index is 12.2. The SMILES string of the molecule is CC(C)(C)OC(=O)N1CCC(CN2CCC(OC3CCCCC3)CC2)CC1. The summed E-state index contributed by atoms with van der Waals surface area (Å²) in [6.45, 7) is 11.0. The van der Waals surface area contributed by atoms with Gasteiger partial charge in [-0.1, -0.05) is 19.3 Å². The molecule has 0 N–H and O–H groups in total. The number of likely N-dealkylation sites (tertiary alicyclic amines) is 2. The van der Waals surface area contributed by atoms with E-state index in [2.05, 4.69) is 4.90 Å². The quantitative estimate of drug-likeness (QED) is 0.723. The van der Waals surface area contributed by atoms with Gasteiger partial charge in [0.25, 0.3) is 0 Å². The lowest BCUT2D eigenvalue weighted by atomic mass is 9.95. The highest BCUT2D eigenvalue weighted by molar-refractivity contribution is 5.68. The van der Waals surface area contributed by atoms with Crippen molar-refractivity contribution in [1.29, 1.82) is 0 Å². The summed E-state index contributed by atoms with van der Waals surface area (Å²) in [6, 6.07) is 0. The molecule has 2 heterocycles. The predicted octanol–water partition coefficient (Wildman–Crippen LogP) is 4.45. The Morgan fingerprint density at radius 2 is 1.44 bits per heavy atom. The van der Waals surface area contributed by atoms with Gasteiger partial charge >= 0.3 is 6.09 Å². The number of nitrogens with zero attached hydrogens (tertiary/aromatic N) is 2. The minimum Gasteiger partial charge on any atom is -0.444 e. The van der Waals surface area contributed by atoms with E-state index in [0.717, 1.165) is 25.9 Å². The first kappa shape index (κ1) is 20.9. The third-order valence-corrected chi connectivity index (χ3v) is 6.25. The third-order valence-electron chi connectivity index (χ3n) is 6.25. The minimum atomic E-state index is -0.405. The molecule has 27 heavy (non-hydrogen) atoms. The number of ether oxygens (including phenoxy) is 2. The molecule has 3 aliphatic rings. The van der Waals surface area contributed by atoms with Crippen LogP contribution in [-0.4, -0.2) is 66.4 Å². The Morgan fingerprint density at radius 3 is 2.04 bits per heavy atom. The summed E-state index contributed by atoms with van der Waals surface area (Å²) in [5, 5.41) is 0. The molecule has 3 fully saturated rings. The molecule has 0 aromatic rings. The second-order valence-electron chi connectivity index (χ2n) is 9.81. The molecule has 1 aliphatic carbocycles. The zero-order valence-electron chi connectivity index (χ0n) is 17.8. The Bertz CT molecular complexity index is 455. The van der Waals surface area contributed by atoms with E-state index in [1.54, 1.807) is 0 Å². The minimum absolute atomic E-state index is 0.151. The molecule has 5 nitrogen and oxygen atoms in total. The number of rotatable bonds is 4. The Morgan fingerprint density at radius 1 is 0.852 bits per heavy atom. The molecule has 5 heteroatoms. The Balaban J connectivity index is 1.31. The normalized spacial score (nSPS) is 24.9. The summed E-state index contributed by atoms with van der Waals surface area (Å²) in [5.41, 5.74) is -0.405. The lowest BCUT2D eigenvalue weighted by Crippen LogP contribution is -2.45. The highest BCUT2D eigenvalue weighted by Crippen LogP contribution is 2.26. The van der Waals surface area contributed by atoms with E-state index in [9.17, 15) is 4.79 Å². The average Bonchev–Trinajstić information content (AvgIpc) is 2.63. The molecule has 0 bridgehead atoms. The summed E-state index contributed by atoms with van der Waals surface area (Å²) >= 11 is 0. The monoisotopic (exact) mass is 380 g/mol. The molecule has 0 aromatic heterocycles. The molecule has 1 saturated carbocycles. The second kappa shape index (κ2) is 9.60. The van der Waals surface area contributed by atoms with Crippen LogP contribution in [0.3, 0.4) is 0 Å². The Kier molecular flexibility index (Phi) is 7.43. The number of carbonyl (C=O) groups excluding carboxylic acids is 1. The number of hydrogen-bond acceptors (Lipinski definition) is 4. The van der Waals surface area contributed by atoms with Gasteiger partial charge in [0.15, 0.2) is 0 Å². The van der Waals surface area contributed by atoms with Gasteiger partial charge in [0.1, 0.15) is 5.60 Å². The molecule has 156 valence electrons. The van der Waals surface area contributed by atoms with Crippen molar-refractivity contribution in [3.63, 3.8) is 0 Å². The lowest BCUT2D eigenvalue weighted by Gasteiger charge is -2.38. The van der Waals surface area contributed by atoms with Crippen LogP contribution in [0.1, 0.15) is 78.6 Å². The van der Waals surface area contributed by atoms with Gasteiger partial charge in [-0.15, -0.1) is 0 Å². The van der Waals surface area contributed by atoms with E-state index in [-0.39, 0.29) is 6.09 Å². The Hall–Kier alpha value is -0.810. The van der Waals surface area contributed by atoms with Crippen LogP contribution in [-0.2, 0) is 9.47 Å². The molecule has 2 saturated heterocycles. The average molecular weight is 381 g/mol. The van der Waals surface area contributed by atoms with Crippen molar-refractivity contribution < 1.29 is 14.3 Å². The summed E-state index contributed by atoms with van der Waals surface area (Å²) in [6.07, 6.45) is 12.1. The van der Waals surface area contributed by atoms with Gasteiger partial charge < -0.3 is 19.3 Å². The van der Waals surface area contributed by atoms with E-state index in [0.29, 0.717) is 18.1 Å². The van der Waals surface area contributed by atoms with E-state index >= 15 is 0 Å². The highest BCUT2D eigenvalue weighted by atomic mass is 16.6. The number of hydrogen-bond donors (Lipinski definition) is 0. The van der Waals surface area contributed by atoms with Crippen LogP contribution in [0.4, 0.5) is 4.79 Å². The maximum atomic E-state index is 12.2. The molecule has 1 amide bonds. The summed E-state index contributed by atoms with van der Waals surface area (Å²) in [4.78, 5) is 16.7. The summed E-state index contributed by atoms with van der Waals surface area (Å²) in [7, 11) is 0. The molecular formula is C22H40N2O3. The van der Waals surface area contributed by atoms with Crippen molar-refractivity contribution in [2.75, 3.05) is 32.7 Å². The van der Waals surface area contributed by atoms with Crippen LogP contribution in [0.15, 0.2) is 0 Å². The van der Waals surface area contributed by atoms with Gasteiger partial charge in [0.05, 0.1) is 12.2 Å². The molecule has 0 aromatic carbocycles. The fourth-order valence-corrected chi connectivity index (χ4v) is 4.69. The van der Waals surface area contributed by atoms with Crippen molar-refractivity contribution in [3.8, 4) is 0 Å². The van der Waals surface area contributed by atoms with E-state index in [1.165, 1.54) is 64.6 Å². The largest absolute Gasteiger partial charge is 0.444 e. The highest BCUT2D eigenvalue weighted by Gasteiger charge is 2.29. The van der Waals surface area contributed by atoms with Crippen LogP contribution in [0, 0.1) is 5.92 Å². The lowest BCUT2D eigenvalue weighted by molar-refractivity contribution is -0.0577. The number of piperidine rings is 2. The van der Waals surface area contributed by atoms with Gasteiger partial charge in [-0.2, -0.15) is 0 Å². The molecule has 0 spiro atoms. The standard InChI is InChI=1S/C22H40N2O3/c1-22(2,3)27-21(25)24-15-9-18(10-16-24)17-23-13-11-20(12-14-23)26-19-7-5-4-6-8-19/h18-20H,4-17H2,1-3H3. The van der Waals surface area contributed by atoms with Crippen molar-refractivity contribution in [3.05, 3.63) is 0 Å². The van der Waals surface area contributed by atoms with Crippen molar-refractivity contribution >= 4 is 6.09 Å². The fraction of sp³-hybridized carbons (Fsp3) is 0.955. The van der Waals surface area contributed by atoms with Crippen molar-refractivity contribution in [2.24, 2.45) is 5.92 Å². The van der Waals surface area contributed by atoms with Crippen molar-refractivity contribution in [2.45, 2.75) is 96.4 Å². The van der Waals surface area contributed by atoms with Gasteiger partial charge in [0.2, 0.25) is 0 Å². The van der Waals surface area contributed by atoms with Crippen LogP contribution in [0.5, 0.6) is 0 Å². The molecule has 0 radical (unpaired) electrons. The summed E-state index contributed by atoms with van der Waals surface area (Å²) < 4.78 is 11.9. The maximum Gasteiger partial charge on any atom is 0.410 e. The number of carbonyl (C=O) groups is 1. The van der Waals surface area contributed by atoms with Crippen LogP contribution < -0.4 is 0 Å². The smallest absolute Gasteiger partial charge is 0.410 e. The van der Waals surface area contributed by atoms with Gasteiger partial charge in [-0.25, -0.2) is 4.79 Å². The van der Waals surface area contributed by atoms with E-state index < -0.39 is 5.60 Å². The molecule has 0 unspecified atom stereocenters. The predicted molar refractivity (Wildman–Crippen MR) is 108 cm³/mol. The second-order valence-corrected chi connectivity index (χ2v) is 9.81. The molecule has 3 rings (SSSR count). The van der Waals surface area contributed by atoms with Gasteiger partial charge in [-0.3, -0.25) is 0 Å². The number of amides is 1. The van der Waals surface area contributed by atoms with E-state index in [1.807, 2.05) is 25.7 Å². The van der Waals surface area contributed by atoms with Crippen LogP contribution in [0.25, 0.3) is 0 Å². The van der Waals surface area contributed by atoms with Gasteiger partial charge in [0, 0.05) is 32.7 Å².